The molecule has 0 aliphatic heterocycles. The van der Waals surface area contributed by atoms with Gasteiger partial charge < -0.3 is 10.1 Å². The Morgan fingerprint density at radius 3 is 2.81 bits per heavy atom. The minimum atomic E-state index is 0.0362. The quantitative estimate of drug-likeness (QED) is 0.630. The third kappa shape index (κ3) is 3.15. The number of aryl methyl sites for hydroxylation is 1. The highest BCUT2D eigenvalue weighted by molar-refractivity contribution is 6.32. The van der Waals surface area contributed by atoms with Gasteiger partial charge in [-0.15, -0.1) is 0 Å². The van der Waals surface area contributed by atoms with E-state index >= 15 is 0 Å². The van der Waals surface area contributed by atoms with E-state index in [1.165, 1.54) is 0 Å². The van der Waals surface area contributed by atoms with E-state index in [1.54, 1.807) is 14.0 Å². The van der Waals surface area contributed by atoms with E-state index in [2.05, 4.69) is 15.3 Å². The van der Waals surface area contributed by atoms with Crippen molar-refractivity contribution in [3.63, 3.8) is 0 Å². The van der Waals surface area contributed by atoms with Gasteiger partial charge in [-0.2, -0.15) is 0 Å². The first-order valence-electron chi connectivity index (χ1n) is 4.83. The normalized spacial score (nSPS) is 12.2. The number of hydrogen-bond donors (Lipinski definition) is 1. The molecule has 0 radical (unpaired) electrons. The van der Waals surface area contributed by atoms with Gasteiger partial charge in [-0.05, 0) is 13.8 Å². The van der Waals surface area contributed by atoms with Crippen LogP contribution in [0.5, 0.6) is 0 Å². The minimum Gasteiger partial charge on any atom is -0.383 e. The van der Waals surface area contributed by atoms with E-state index in [4.69, 9.17) is 16.3 Å². The summed E-state index contributed by atoms with van der Waals surface area (Å²) in [6.45, 7) is 4.15. The maximum atomic E-state index is 10.9. The van der Waals surface area contributed by atoms with Crippen LogP contribution in [0.4, 0.5) is 5.82 Å². The highest BCUT2D eigenvalue weighted by atomic mass is 35.5. The molecule has 1 aromatic heterocycles. The third-order valence-corrected chi connectivity index (χ3v) is 2.22. The van der Waals surface area contributed by atoms with E-state index in [9.17, 15) is 4.79 Å². The van der Waals surface area contributed by atoms with Crippen molar-refractivity contribution < 1.29 is 9.53 Å². The van der Waals surface area contributed by atoms with Crippen LogP contribution in [0.2, 0.25) is 5.15 Å². The van der Waals surface area contributed by atoms with Gasteiger partial charge in [-0.3, -0.25) is 4.79 Å². The largest absolute Gasteiger partial charge is 0.383 e. The average Bonchev–Trinajstić information content (AvgIpc) is 2.17. The molecule has 0 amide bonds. The summed E-state index contributed by atoms with van der Waals surface area (Å²) in [5, 5.41) is 3.21. The molecule has 0 saturated carbocycles. The predicted octanol–water partition coefficient (Wildman–Crippen LogP) is 1.70. The zero-order valence-electron chi connectivity index (χ0n) is 9.45. The van der Waals surface area contributed by atoms with Crippen molar-refractivity contribution in [2.75, 3.05) is 19.0 Å². The van der Waals surface area contributed by atoms with Crippen LogP contribution in [0, 0.1) is 6.92 Å². The van der Waals surface area contributed by atoms with Crippen molar-refractivity contribution in [3.05, 3.63) is 16.5 Å². The Hall–Kier alpha value is -1.20. The molecule has 0 spiro atoms. The number of aromatic nitrogens is 2. The Kier molecular flexibility index (Phi) is 4.64. The number of anilines is 1. The molecule has 1 rings (SSSR count). The molecule has 0 aliphatic rings. The first kappa shape index (κ1) is 12.9. The zero-order chi connectivity index (χ0) is 12.1. The lowest BCUT2D eigenvalue weighted by molar-refractivity contribution is 0.112. The Morgan fingerprint density at radius 1 is 1.56 bits per heavy atom. The first-order valence-corrected chi connectivity index (χ1v) is 5.21. The number of nitrogens with one attached hydrogen (secondary N) is 1. The standard InChI is InChI=1S/C10H14ClN3O2/c1-6(5-16-3)12-10-8(4-15)9(11)13-7(2)14-10/h4,6H,5H2,1-3H3,(H,12,13,14). The van der Waals surface area contributed by atoms with Crippen LogP contribution in [0.15, 0.2) is 0 Å². The number of nitrogens with zero attached hydrogens (tertiary/aromatic N) is 2. The summed E-state index contributed by atoms with van der Waals surface area (Å²) >= 11 is 5.84. The molecular weight excluding hydrogens is 230 g/mol. The molecule has 88 valence electrons. The summed E-state index contributed by atoms with van der Waals surface area (Å²) in [4.78, 5) is 18.9. The summed E-state index contributed by atoms with van der Waals surface area (Å²) in [5.74, 6) is 0.958. The van der Waals surface area contributed by atoms with E-state index in [0.29, 0.717) is 24.5 Å². The molecule has 0 aromatic carbocycles. The summed E-state index contributed by atoms with van der Waals surface area (Å²) in [7, 11) is 1.61. The van der Waals surface area contributed by atoms with Gasteiger partial charge in [0.05, 0.1) is 12.2 Å². The van der Waals surface area contributed by atoms with Crippen LogP contribution in [-0.2, 0) is 4.74 Å². The van der Waals surface area contributed by atoms with Gasteiger partial charge in [0, 0.05) is 13.2 Å². The molecule has 1 aromatic rings. The molecule has 16 heavy (non-hydrogen) atoms. The van der Waals surface area contributed by atoms with Gasteiger partial charge in [0.2, 0.25) is 0 Å². The molecule has 0 bridgehead atoms. The predicted molar refractivity (Wildman–Crippen MR) is 62.1 cm³/mol. The van der Waals surface area contributed by atoms with E-state index < -0.39 is 0 Å². The van der Waals surface area contributed by atoms with Crippen LogP contribution in [0.1, 0.15) is 23.1 Å². The zero-order valence-corrected chi connectivity index (χ0v) is 10.2. The number of hydrogen-bond acceptors (Lipinski definition) is 5. The molecule has 6 heteroatoms. The lowest BCUT2D eigenvalue weighted by atomic mass is 10.3. The number of carbonyl (C=O) groups is 1. The number of halogens is 1. The maximum absolute atomic E-state index is 10.9. The highest BCUT2D eigenvalue weighted by Gasteiger charge is 2.12. The summed E-state index contributed by atoms with van der Waals surface area (Å²) < 4.78 is 4.98. The monoisotopic (exact) mass is 243 g/mol. The van der Waals surface area contributed by atoms with Gasteiger partial charge in [0.25, 0.3) is 0 Å². The van der Waals surface area contributed by atoms with Crippen molar-refractivity contribution in [1.29, 1.82) is 0 Å². The molecule has 1 unspecified atom stereocenters. The second kappa shape index (κ2) is 5.77. The van der Waals surface area contributed by atoms with E-state index in [1.807, 2.05) is 6.92 Å². The van der Waals surface area contributed by atoms with Gasteiger partial charge in [-0.1, -0.05) is 11.6 Å². The van der Waals surface area contributed by atoms with Crippen molar-refractivity contribution in [1.82, 2.24) is 9.97 Å². The minimum absolute atomic E-state index is 0.0362. The third-order valence-electron chi connectivity index (χ3n) is 1.93. The van der Waals surface area contributed by atoms with Crippen LogP contribution in [0.3, 0.4) is 0 Å². The molecule has 0 saturated heterocycles. The number of carbonyl (C=O) groups excluding carboxylic acids is 1. The second-order valence-electron chi connectivity index (χ2n) is 3.44. The van der Waals surface area contributed by atoms with Gasteiger partial charge in [0.15, 0.2) is 6.29 Å². The highest BCUT2D eigenvalue weighted by Crippen LogP contribution is 2.19. The van der Waals surface area contributed by atoms with Gasteiger partial charge in [-0.25, -0.2) is 9.97 Å². The fourth-order valence-electron chi connectivity index (χ4n) is 1.29. The van der Waals surface area contributed by atoms with Crippen molar-refractivity contribution in [2.24, 2.45) is 0 Å². The summed E-state index contributed by atoms with van der Waals surface area (Å²) in [6, 6.07) is 0.0362. The Bertz CT molecular complexity index is 385. The summed E-state index contributed by atoms with van der Waals surface area (Å²) in [6.07, 6.45) is 0.642. The van der Waals surface area contributed by atoms with Crippen LogP contribution in [0.25, 0.3) is 0 Å². The van der Waals surface area contributed by atoms with Crippen LogP contribution in [-0.4, -0.2) is 36.0 Å². The molecule has 0 aliphatic carbocycles. The van der Waals surface area contributed by atoms with E-state index in [0.717, 1.165) is 0 Å². The SMILES string of the molecule is COCC(C)Nc1nc(C)nc(Cl)c1C=O. The Labute approximate surface area is 99.2 Å². The van der Waals surface area contributed by atoms with Crippen molar-refractivity contribution in [2.45, 2.75) is 19.9 Å². The van der Waals surface area contributed by atoms with Crippen molar-refractivity contribution in [3.8, 4) is 0 Å². The van der Waals surface area contributed by atoms with E-state index in [-0.39, 0.29) is 16.8 Å². The van der Waals surface area contributed by atoms with Gasteiger partial charge >= 0.3 is 0 Å². The molecule has 0 fully saturated rings. The Morgan fingerprint density at radius 2 is 2.25 bits per heavy atom. The van der Waals surface area contributed by atoms with Crippen molar-refractivity contribution >= 4 is 23.7 Å². The second-order valence-corrected chi connectivity index (χ2v) is 3.80. The Balaban J connectivity index is 2.97. The topological polar surface area (TPSA) is 64.1 Å². The first-order chi connectivity index (χ1) is 7.58. The van der Waals surface area contributed by atoms with Crippen LogP contribution < -0.4 is 5.32 Å². The smallest absolute Gasteiger partial charge is 0.156 e. The number of methoxy groups -OCH3 is 1. The number of rotatable bonds is 5. The average molecular weight is 244 g/mol. The fourth-order valence-corrected chi connectivity index (χ4v) is 1.54. The van der Waals surface area contributed by atoms with Gasteiger partial charge in [0.1, 0.15) is 16.8 Å². The molecule has 1 N–H and O–H groups in total. The number of aldehydes is 1. The van der Waals surface area contributed by atoms with Crippen LogP contribution >= 0.6 is 11.6 Å². The fraction of sp³-hybridized carbons (Fsp3) is 0.500. The lowest BCUT2D eigenvalue weighted by Gasteiger charge is -2.15. The maximum Gasteiger partial charge on any atom is 0.156 e. The molecular formula is C10H14ClN3O2. The molecule has 1 heterocycles. The summed E-state index contributed by atoms with van der Waals surface area (Å²) in [5.41, 5.74) is 0.273. The lowest BCUT2D eigenvalue weighted by Crippen LogP contribution is -2.22. The molecule has 1 atom stereocenters. The molecule has 5 nitrogen and oxygen atoms in total. The number of ether oxygens (including phenoxy) is 1.